The molecule has 2 rings (SSSR count). The highest BCUT2D eigenvalue weighted by Gasteiger charge is 2.46. The number of hydrogen-bond acceptors (Lipinski definition) is 4. The van der Waals surface area contributed by atoms with E-state index in [0.717, 1.165) is 11.1 Å². The molecule has 0 aromatic heterocycles. The summed E-state index contributed by atoms with van der Waals surface area (Å²) >= 11 is 0. The minimum atomic E-state index is -4.61. The SMILES string of the molecule is O=C1CCN(C(Cc2ccccc2[N+](=O)[O-])C(F)(F)F)N1. The number of nitro benzene ring substituents is 1. The van der Waals surface area contributed by atoms with Gasteiger partial charge in [-0.1, -0.05) is 18.2 Å². The van der Waals surface area contributed by atoms with Crippen molar-refractivity contribution in [1.82, 2.24) is 10.4 Å². The van der Waals surface area contributed by atoms with Crippen LogP contribution in [0.15, 0.2) is 24.3 Å². The molecular weight excluding hydrogens is 291 g/mol. The van der Waals surface area contributed by atoms with Crippen molar-refractivity contribution in [2.24, 2.45) is 0 Å². The van der Waals surface area contributed by atoms with E-state index in [4.69, 9.17) is 0 Å². The van der Waals surface area contributed by atoms with Crippen LogP contribution in [0.3, 0.4) is 0 Å². The number of halogens is 3. The molecule has 0 spiro atoms. The molecule has 6 nitrogen and oxygen atoms in total. The minimum absolute atomic E-state index is 0.0222. The molecule has 0 aliphatic carbocycles. The Morgan fingerprint density at radius 2 is 2.05 bits per heavy atom. The van der Waals surface area contributed by atoms with Gasteiger partial charge in [-0.2, -0.15) is 13.2 Å². The highest BCUT2D eigenvalue weighted by atomic mass is 19.4. The number of benzene rings is 1. The molecule has 9 heteroatoms. The fourth-order valence-corrected chi connectivity index (χ4v) is 2.20. The molecule has 0 radical (unpaired) electrons. The molecule has 1 aromatic carbocycles. The van der Waals surface area contributed by atoms with Crippen LogP contribution >= 0.6 is 0 Å². The normalized spacial score (nSPS) is 17.6. The Hall–Kier alpha value is -2.16. The van der Waals surface area contributed by atoms with Gasteiger partial charge in [0.25, 0.3) is 5.69 Å². The number of carbonyl (C=O) groups excluding carboxylic acids is 1. The van der Waals surface area contributed by atoms with E-state index < -0.39 is 29.5 Å². The second-order valence-electron chi connectivity index (χ2n) is 4.63. The Kier molecular flexibility index (Phi) is 4.12. The van der Waals surface area contributed by atoms with Gasteiger partial charge in [-0.05, 0) is 0 Å². The Bertz CT molecular complexity index is 562. The summed E-state index contributed by atoms with van der Waals surface area (Å²) in [6.45, 7) is -0.0797. The summed E-state index contributed by atoms with van der Waals surface area (Å²) in [5, 5.41) is 11.7. The summed E-state index contributed by atoms with van der Waals surface area (Å²) < 4.78 is 39.5. The topological polar surface area (TPSA) is 75.5 Å². The van der Waals surface area contributed by atoms with Crippen LogP contribution in [-0.2, 0) is 11.2 Å². The molecule has 1 aliphatic rings. The van der Waals surface area contributed by atoms with Crippen molar-refractivity contribution in [3.63, 3.8) is 0 Å². The summed E-state index contributed by atoms with van der Waals surface area (Å²) in [5.74, 6) is -0.494. The van der Waals surface area contributed by atoms with E-state index in [0.29, 0.717) is 0 Å². The molecule has 21 heavy (non-hydrogen) atoms. The van der Waals surface area contributed by atoms with Crippen LogP contribution in [0.4, 0.5) is 18.9 Å². The maximum atomic E-state index is 13.2. The molecule has 1 heterocycles. The molecule has 1 atom stereocenters. The van der Waals surface area contributed by atoms with Crippen molar-refractivity contribution in [3.8, 4) is 0 Å². The lowest BCUT2D eigenvalue weighted by Crippen LogP contribution is -2.51. The van der Waals surface area contributed by atoms with E-state index in [1.54, 1.807) is 0 Å². The van der Waals surface area contributed by atoms with Gasteiger partial charge in [0.2, 0.25) is 5.91 Å². The number of nitrogens with zero attached hydrogens (tertiary/aromatic N) is 2. The fraction of sp³-hybridized carbons (Fsp3) is 0.417. The third-order valence-electron chi connectivity index (χ3n) is 3.20. The smallest absolute Gasteiger partial charge is 0.288 e. The summed E-state index contributed by atoms with van der Waals surface area (Å²) in [6.07, 6.45) is -5.23. The second kappa shape index (κ2) is 5.68. The number of carbonyl (C=O) groups is 1. The van der Waals surface area contributed by atoms with Crippen LogP contribution in [0.5, 0.6) is 0 Å². The molecule has 1 aromatic rings. The molecule has 1 saturated heterocycles. The average Bonchev–Trinajstić information content (AvgIpc) is 2.81. The predicted octanol–water partition coefficient (Wildman–Crippen LogP) is 1.81. The van der Waals surface area contributed by atoms with Crippen molar-refractivity contribution >= 4 is 11.6 Å². The molecule has 1 fully saturated rings. The summed E-state index contributed by atoms with van der Waals surface area (Å²) in [6, 6.07) is 3.28. The molecule has 114 valence electrons. The molecule has 0 saturated carbocycles. The Morgan fingerprint density at radius 1 is 1.38 bits per heavy atom. The summed E-state index contributed by atoms with van der Waals surface area (Å²) in [7, 11) is 0. The number of para-hydroxylation sites is 1. The Morgan fingerprint density at radius 3 is 2.57 bits per heavy atom. The quantitative estimate of drug-likeness (QED) is 0.680. The molecule has 1 amide bonds. The summed E-state index contributed by atoms with van der Waals surface area (Å²) in [4.78, 5) is 21.2. The molecule has 0 bridgehead atoms. The lowest BCUT2D eigenvalue weighted by atomic mass is 10.0. The number of nitro groups is 1. The van der Waals surface area contributed by atoms with E-state index in [2.05, 4.69) is 5.43 Å². The number of hydrogen-bond donors (Lipinski definition) is 1. The van der Waals surface area contributed by atoms with E-state index >= 15 is 0 Å². The summed E-state index contributed by atoms with van der Waals surface area (Å²) in [5.41, 5.74) is 1.75. The standard InChI is InChI=1S/C12H12F3N3O3/c13-12(14,15)10(17-6-5-11(19)16-17)7-8-3-1-2-4-9(8)18(20)21/h1-4,10H,5-7H2,(H,16,19). The van der Waals surface area contributed by atoms with E-state index in [-0.39, 0.29) is 24.2 Å². The zero-order valence-corrected chi connectivity index (χ0v) is 10.8. The van der Waals surface area contributed by atoms with Gasteiger partial charge in [0.05, 0.1) is 4.92 Å². The highest BCUT2D eigenvalue weighted by molar-refractivity contribution is 5.77. The van der Waals surface area contributed by atoms with Crippen LogP contribution in [0, 0.1) is 10.1 Å². The number of nitrogens with one attached hydrogen (secondary N) is 1. The lowest BCUT2D eigenvalue weighted by Gasteiger charge is -2.28. The van der Waals surface area contributed by atoms with Crippen LogP contribution in [0.25, 0.3) is 0 Å². The van der Waals surface area contributed by atoms with Crippen LogP contribution < -0.4 is 5.43 Å². The fourth-order valence-electron chi connectivity index (χ4n) is 2.20. The third-order valence-corrected chi connectivity index (χ3v) is 3.20. The highest BCUT2D eigenvalue weighted by Crippen LogP contribution is 2.30. The van der Waals surface area contributed by atoms with Crippen molar-refractivity contribution in [2.75, 3.05) is 6.54 Å². The van der Waals surface area contributed by atoms with Gasteiger partial charge in [-0.3, -0.25) is 20.3 Å². The largest absolute Gasteiger partial charge is 0.406 e. The van der Waals surface area contributed by atoms with Gasteiger partial charge in [0.1, 0.15) is 6.04 Å². The van der Waals surface area contributed by atoms with Gasteiger partial charge in [-0.15, -0.1) is 0 Å². The third kappa shape index (κ3) is 3.48. The lowest BCUT2D eigenvalue weighted by molar-refractivity contribution is -0.385. The zero-order valence-electron chi connectivity index (χ0n) is 10.8. The second-order valence-corrected chi connectivity index (χ2v) is 4.63. The molecule has 1 unspecified atom stereocenters. The van der Waals surface area contributed by atoms with Crippen LogP contribution in [-0.4, -0.2) is 34.6 Å². The van der Waals surface area contributed by atoms with E-state index in [1.807, 2.05) is 0 Å². The monoisotopic (exact) mass is 303 g/mol. The molecule has 1 aliphatic heterocycles. The maximum absolute atomic E-state index is 13.2. The average molecular weight is 303 g/mol. The van der Waals surface area contributed by atoms with Gasteiger partial charge in [0.15, 0.2) is 0 Å². The van der Waals surface area contributed by atoms with Crippen molar-refractivity contribution < 1.29 is 22.9 Å². The number of alkyl halides is 3. The van der Waals surface area contributed by atoms with Crippen molar-refractivity contribution in [1.29, 1.82) is 0 Å². The molecule has 1 N–H and O–H groups in total. The number of hydrazine groups is 1. The van der Waals surface area contributed by atoms with Gasteiger partial charge >= 0.3 is 6.18 Å². The first-order valence-electron chi connectivity index (χ1n) is 6.14. The number of amides is 1. The maximum Gasteiger partial charge on any atom is 0.406 e. The Balaban J connectivity index is 2.28. The number of rotatable bonds is 4. The first-order valence-corrected chi connectivity index (χ1v) is 6.14. The zero-order chi connectivity index (χ0) is 15.6. The van der Waals surface area contributed by atoms with Gasteiger partial charge in [-0.25, -0.2) is 5.01 Å². The predicted molar refractivity (Wildman–Crippen MR) is 66.1 cm³/mol. The van der Waals surface area contributed by atoms with Gasteiger partial charge in [0, 0.05) is 31.0 Å². The van der Waals surface area contributed by atoms with Crippen molar-refractivity contribution in [3.05, 3.63) is 39.9 Å². The van der Waals surface area contributed by atoms with Crippen LogP contribution in [0.2, 0.25) is 0 Å². The van der Waals surface area contributed by atoms with Crippen molar-refractivity contribution in [2.45, 2.75) is 25.1 Å². The molecular formula is C12H12F3N3O3. The van der Waals surface area contributed by atoms with Gasteiger partial charge < -0.3 is 0 Å². The van der Waals surface area contributed by atoms with E-state index in [9.17, 15) is 28.1 Å². The Labute approximate surface area is 117 Å². The van der Waals surface area contributed by atoms with E-state index in [1.165, 1.54) is 18.2 Å². The first kappa shape index (κ1) is 15.2. The first-order chi connectivity index (χ1) is 9.79. The van der Waals surface area contributed by atoms with Crippen LogP contribution in [0.1, 0.15) is 12.0 Å². The minimum Gasteiger partial charge on any atom is -0.288 e.